The zero-order valence-corrected chi connectivity index (χ0v) is 12.7. The monoisotopic (exact) mass is 317 g/mol. The van der Waals surface area contributed by atoms with Gasteiger partial charge in [0.15, 0.2) is 0 Å². The van der Waals surface area contributed by atoms with Gasteiger partial charge >= 0.3 is 0 Å². The molecular weight excluding hydrogens is 302 g/mol. The minimum absolute atomic E-state index is 0.133. The topological polar surface area (TPSA) is 79.8 Å². The van der Waals surface area contributed by atoms with E-state index in [0.29, 0.717) is 10.6 Å². The Balaban J connectivity index is 1.77. The number of carbonyl (C=O) groups excluding carboxylic acids is 2. The SMILES string of the molecule is COc1cccc(/C=N/NC(=O)CNC(=O)c2cccs2)c1. The summed E-state index contributed by atoms with van der Waals surface area (Å²) in [6.45, 7) is -0.133. The van der Waals surface area contributed by atoms with E-state index in [9.17, 15) is 9.59 Å². The van der Waals surface area contributed by atoms with Gasteiger partial charge in [-0.05, 0) is 29.1 Å². The molecule has 0 bridgehead atoms. The van der Waals surface area contributed by atoms with Crippen LogP contribution < -0.4 is 15.5 Å². The number of benzene rings is 1. The zero-order chi connectivity index (χ0) is 15.8. The van der Waals surface area contributed by atoms with Crippen LogP contribution in [0.25, 0.3) is 0 Å². The summed E-state index contributed by atoms with van der Waals surface area (Å²) in [5.74, 6) is 0.0319. The summed E-state index contributed by atoms with van der Waals surface area (Å²) in [6.07, 6.45) is 1.50. The van der Waals surface area contributed by atoms with Crippen molar-refractivity contribution in [3.05, 3.63) is 52.2 Å². The Morgan fingerprint density at radius 2 is 2.18 bits per heavy atom. The molecule has 114 valence electrons. The number of hydrazone groups is 1. The molecule has 2 rings (SSSR count). The van der Waals surface area contributed by atoms with E-state index in [1.54, 1.807) is 30.7 Å². The lowest BCUT2D eigenvalue weighted by atomic mass is 10.2. The molecule has 0 unspecified atom stereocenters. The molecule has 2 N–H and O–H groups in total. The molecule has 1 aromatic carbocycles. The van der Waals surface area contributed by atoms with Gasteiger partial charge in [-0.3, -0.25) is 9.59 Å². The Kier molecular flexibility index (Phi) is 5.67. The third kappa shape index (κ3) is 4.71. The Labute approximate surface area is 131 Å². The number of amides is 2. The molecule has 2 aromatic rings. The maximum Gasteiger partial charge on any atom is 0.261 e. The van der Waals surface area contributed by atoms with E-state index in [-0.39, 0.29) is 12.5 Å². The van der Waals surface area contributed by atoms with Crippen LogP contribution in [0.15, 0.2) is 46.9 Å². The highest BCUT2D eigenvalue weighted by Crippen LogP contribution is 2.10. The zero-order valence-electron chi connectivity index (χ0n) is 11.9. The van der Waals surface area contributed by atoms with Crippen LogP contribution in [-0.4, -0.2) is 31.7 Å². The fourth-order valence-corrected chi connectivity index (χ4v) is 2.24. The number of ether oxygens (including phenoxy) is 1. The maximum absolute atomic E-state index is 11.6. The van der Waals surface area contributed by atoms with Gasteiger partial charge in [0.1, 0.15) is 5.75 Å². The van der Waals surface area contributed by atoms with Crippen molar-refractivity contribution in [1.82, 2.24) is 10.7 Å². The van der Waals surface area contributed by atoms with Gasteiger partial charge in [-0.1, -0.05) is 18.2 Å². The highest BCUT2D eigenvalue weighted by atomic mass is 32.1. The normalized spacial score (nSPS) is 10.4. The Bertz CT molecular complexity index is 668. The van der Waals surface area contributed by atoms with Crippen LogP contribution in [0, 0.1) is 0 Å². The molecule has 6 nitrogen and oxygen atoms in total. The molecule has 0 aliphatic carbocycles. The van der Waals surface area contributed by atoms with Gasteiger partial charge in [0.2, 0.25) is 0 Å². The fourth-order valence-electron chi connectivity index (χ4n) is 1.60. The van der Waals surface area contributed by atoms with E-state index in [2.05, 4.69) is 15.8 Å². The second-order valence-electron chi connectivity index (χ2n) is 4.23. The van der Waals surface area contributed by atoms with Crippen molar-refractivity contribution in [2.24, 2.45) is 5.10 Å². The van der Waals surface area contributed by atoms with E-state index in [1.165, 1.54) is 17.6 Å². The number of rotatable bonds is 6. The number of methoxy groups -OCH3 is 1. The van der Waals surface area contributed by atoms with Crippen molar-refractivity contribution >= 4 is 29.4 Å². The van der Waals surface area contributed by atoms with Gasteiger partial charge in [0.25, 0.3) is 11.8 Å². The predicted molar refractivity (Wildman–Crippen MR) is 85.4 cm³/mol. The number of nitrogens with zero attached hydrogens (tertiary/aromatic N) is 1. The molecule has 0 saturated heterocycles. The van der Waals surface area contributed by atoms with Crippen molar-refractivity contribution in [3.8, 4) is 5.75 Å². The molecule has 0 atom stereocenters. The highest BCUT2D eigenvalue weighted by Gasteiger charge is 2.07. The van der Waals surface area contributed by atoms with Crippen LogP contribution in [-0.2, 0) is 4.79 Å². The smallest absolute Gasteiger partial charge is 0.261 e. The summed E-state index contributed by atoms with van der Waals surface area (Å²) in [5.41, 5.74) is 3.14. The van der Waals surface area contributed by atoms with E-state index >= 15 is 0 Å². The van der Waals surface area contributed by atoms with Gasteiger partial charge in [-0.15, -0.1) is 11.3 Å². The van der Waals surface area contributed by atoms with Crippen LogP contribution in [0.5, 0.6) is 5.75 Å². The van der Waals surface area contributed by atoms with Crippen molar-refractivity contribution in [1.29, 1.82) is 0 Å². The number of nitrogens with one attached hydrogen (secondary N) is 2. The average Bonchev–Trinajstić information content (AvgIpc) is 3.07. The summed E-state index contributed by atoms with van der Waals surface area (Å²) >= 11 is 1.32. The maximum atomic E-state index is 11.6. The number of hydrogen-bond acceptors (Lipinski definition) is 5. The van der Waals surface area contributed by atoms with Crippen LogP contribution in [0.3, 0.4) is 0 Å². The van der Waals surface area contributed by atoms with Crippen LogP contribution in [0.4, 0.5) is 0 Å². The van der Waals surface area contributed by atoms with Gasteiger partial charge in [0.05, 0.1) is 24.7 Å². The molecule has 2 amide bonds. The second-order valence-corrected chi connectivity index (χ2v) is 5.18. The molecule has 0 spiro atoms. The van der Waals surface area contributed by atoms with Crippen LogP contribution in [0.2, 0.25) is 0 Å². The third-order valence-corrected chi connectivity index (χ3v) is 3.52. The summed E-state index contributed by atoms with van der Waals surface area (Å²) in [6, 6.07) is 10.7. The van der Waals surface area contributed by atoms with E-state index in [1.807, 2.05) is 18.2 Å². The fraction of sp³-hybridized carbons (Fsp3) is 0.133. The molecule has 22 heavy (non-hydrogen) atoms. The third-order valence-electron chi connectivity index (χ3n) is 2.65. The van der Waals surface area contributed by atoms with Gasteiger partial charge < -0.3 is 10.1 Å². The molecular formula is C15H15N3O3S. The molecule has 0 aliphatic heterocycles. The lowest BCUT2D eigenvalue weighted by Crippen LogP contribution is -2.34. The average molecular weight is 317 g/mol. The molecule has 7 heteroatoms. The molecule has 0 aliphatic rings. The highest BCUT2D eigenvalue weighted by molar-refractivity contribution is 7.12. The second kappa shape index (κ2) is 7.94. The van der Waals surface area contributed by atoms with Crippen molar-refractivity contribution in [2.45, 2.75) is 0 Å². The first-order valence-electron chi connectivity index (χ1n) is 6.46. The first-order valence-corrected chi connectivity index (χ1v) is 7.34. The Morgan fingerprint density at radius 1 is 1.32 bits per heavy atom. The van der Waals surface area contributed by atoms with Crippen LogP contribution >= 0.6 is 11.3 Å². The van der Waals surface area contributed by atoms with E-state index < -0.39 is 5.91 Å². The Morgan fingerprint density at radius 3 is 2.91 bits per heavy atom. The lowest BCUT2D eigenvalue weighted by molar-refractivity contribution is -0.120. The molecule has 1 aromatic heterocycles. The van der Waals surface area contributed by atoms with E-state index in [4.69, 9.17) is 4.74 Å². The van der Waals surface area contributed by atoms with Crippen molar-refractivity contribution < 1.29 is 14.3 Å². The van der Waals surface area contributed by atoms with Gasteiger partial charge in [0, 0.05) is 0 Å². The first-order chi connectivity index (χ1) is 10.7. The standard InChI is InChI=1S/C15H15N3O3S/c1-21-12-5-2-4-11(8-12)9-17-18-14(19)10-16-15(20)13-6-3-7-22-13/h2-9H,10H2,1H3,(H,16,20)(H,18,19)/b17-9+. The number of carbonyl (C=O) groups is 2. The lowest BCUT2D eigenvalue weighted by Gasteiger charge is -2.02. The summed E-state index contributed by atoms with van der Waals surface area (Å²) in [5, 5.41) is 8.15. The van der Waals surface area contributed by atoms with Gasteiger partial charge in [-0.2, -0.15) is 5.10 Å². The first kappa shape index (κ1) is 15.7. The number of thiophene rings is 1. The summed E-state index contributed by atoms with van der Waals surface area (Å²) in [4.78, 5) is 23.8. The Hall–Kier alpha value is -2.67. The molecule has 0 radical (unpaired) electrons. The van der Waals surface area contributed by atoms with Crippen LogP contribution in [0.1, 0.15) is 15.2 Å². The predicted octanol–water partition coefficient (Wildman–Crippen LogP) is 1.64. The number of hydrogen-bond donors (Lipinski definition) is 2. The minimum Gasteiger partial charge on any atom is -0.497 e. The largest absolute Gasteiger partial charge is 0.497 e. The molecule has 0 saturated carbocycles. The summed E-state index contributed by atoms with van der Waals surface area (Å²) in [7, 11) is 1.58. The minimum atomic E-state index is -0.399. The van der Waals surface area contributed by atoms with Crippen molar-refractivity contribution in [3.63, 3.8) is 0 Å². The molecule has 1 heterocycles. The van der Waals surface area contributed by atoms with E-state index in [0.717, 1.165) is 5.56 Å². The molecule has 0 fully saturated rings. The quantitative estimate of drug-likeness (QED) is 0.628. The summed E-state index contributed by atoms with van der Waals surface area (Å²) < 4.78 is 5.09. The van der Waals surface area contributed by atoms with Crippen molar-refractivity contribution in [2.75, 3.05) is 13.7 Å². The van der Waals surface area contributed by atoms with Gasteiger partial charge in [-0.25, -0.2) is 5.43 Å².